The van der Waals surface area contributed by atoms with Crippen LogP contribution in [0.2, 0.25) is 0 Å². The van der Waals surface area contributed by atoms with Gasteiger partial charge in [0.25, 0.3) is 0 Å². The van der Waals surface area contributed by atoms with E-state index in [0.29, 0.717) is 26.2 Å². The van der Waals surface area contributed by atoms with Crippen LogP contribution in [0, 0.1) is 0 Å². The molecule has 0 bridgehead atoms. The van der Waals surface area contributed by atoms with Gasteiger partial charge in [-0.05, 0) is 18.5 Å². The Morgan fingerprint density at radius 2 is 2.11 bits per heavy atom. The Balaban J connectivity index is 1.77. The summed E-state index contributed by atoms with van der Waals surface area (Å²) in [5, 5.41) is 2.73. The van der Waals surface area contributed by atoms with Crippen LogP contribution in [0.3, 0.4) is 0 Å². The van der Waals surface area contributed by atoms with Gasteiger partial charge in [-0.2, -0.15) is 0 Å². The lowest BCUT2D eigenvalue weighted by molar-refractivity contribution is 0.0267. The maximum atomic E-state index is 11.1. The highest BCUT2D eigenvalue weighted by atomic mass is 16.6. The van der Waals surface area contributed by atoms with E-state index < -0.39 is 0 Å². The van der Waals surface area contributed by atoms with Gasteiger partial charge in [0.15, 0.2) is 0 Å². The van der Waals surface area contributed by atoms with Crippen LogP contribution in [0.15, 0.2) is 30.3 Å². The number of nitrogens with two attached hydrogens (primary N) is 1. The first-order valence-electron chi connectivity index (χ1n) is 6.08. The van der Waals surface area contributed by atoms with Gasteiger partial charge in [0.1, 0.15) is 6.10 Å². The third kappa shape index (κ3) is 3.45. The van der Waals surface area contributed by atoms with Crippen molar-refractivity contribution in [2.45, 2.75) is 25.2 Å². The van der Waals surface area contributed by atoms with E-state index in [0.717, 1.165) is 5.56 Å². The molecule has 1 aromatic carbocycles. The Morgan fingerprint density at radius 1 is 1.33 bits per heavy atom. The number of carbonyl (C=O) groups excluding carboxylic acids is 1. The zero-order valence-electron chi connectivity index (χ0n) is 10.2. The number of rotatable bonds is 6. The number of ether oxygens (including phenoxy) is 2. The summed E-state index contributed by atoms with van der Waals surface area (Å²) in [6.45, 7) is 1.42. The van der Waals surface area contributed by atoms with E-state index in [1.165, 1.54) is 0 Å². The lowest BCUT2D eigenvalue weighted by Gasteiger charge is -2.16. The van der Waals surface area contributed by atoms with Crippen molar-refractivity contribution in [2.24, 2.45) is 5.73 Å². The van der Waals surface area contributed by atoms with E-state index in [2.05, 4.69) is 5.32 Å². The van der Waals surface area contributed by atoms with Gasteiger partial charge in [-0.3, -0.25) is 0 Å². The lowest BCUT2D eigenvalue weighted by Crippen LogP contribution is -2.36. The molecule has 98 valence electrons. The molecule has 2 rings (SSSR count). The van der Waals surface area contributed by atoms with E-state index in [1.807, 2.05) is 30.3 Å². The van der Waals surface area contributed by atoms with Crippen LogP contribution < -0.4 is 11.1 Å². The summed E-state index contributed by atoms with van der Waals surface area (Å²) in [4.78, 5) is 11.1. The third-order valence-electron chi connectivity index (χ3n) is 2.88. The molecule has 2 atom stereocenters. The average molecular weight is 250 g/mol. The molecule has 0 saturated carbocycles. The van der Waals surface area contributed by atoms with Gasteiger partial charge in [0, 0.05) is 0 Å². The Labute approximate surface area is 106 Å². The molecule has 1 heterocycles. The van der Waals surface area contributed by atoms with Gasteiger partial charge in [-0.1, -0.05) is 30.3 Å². The number of amides is 1. The minimum atomic E-state index is -0.387. The predicted octanol–water partition coefficient (Wildman–Crippen LogP) is 1.03. The van der Waals surface area contributed by atoms with Gasteiger partial charge >= 0.3 is 6.09 Å². The van der Waals surface area contributed by atoms with Crippen LogP contribution in [0.1, 0.15) is 12.0 Å². The zero-order valence-corrected chi connectivity index (χ0v) is 10.2. The Bertz CT molecular complexity index is 383. The normalized spacial score (nSPS) is 22.6. The Morgan fingerprint density at radius 3 is 2.83 bits per heavy atom. The maximum Gasteiger partial charge on any atom is 0.407 e. The van der Waals surface area contributed by atoms with Gasteiger partial charge in [0.05, 0.1) is 19.3 Å². The number of cyclic esters (lactones) is 1. The van der Waals surface area contributed by atoms with Gasteiger partial charge < -0.3 is 20.5 Å². The van der Waals surface area contributed by atoms with Crippen LogP contribution >= 0.6 is 0 Å². The van der Waals surface area contributed by atoms with Crippen molar-refractivity contribution in [3.8, 4) is 0 Å². The molecule has 0 aromatic heterocycles. The number of nitrogens with one attached hydrogen (secondary N) is 1. The molecular weight excluding hydrogens is 232 g/mol. The predicted molar refractivity (Wildman–Crippen MR) is 67.0 cm³/mol. The molecule has 1 fully saturated rings. The molecule has 0 spiro atoms. The number of hydrogen-bond acceptors (Lipinski definition) is 4. The number of hydrogen-bond donors (Lipinski definition) is 2. The number of alkyl carbamates (subject to hydrolysis) is 1. The third-order valence-corrected chi connectivity index (χ3v) is 2.88. The van der Waals surface area contributed by atoms with Crippen molar-refractivity contribution in [3.63, 3.8) is 0 Å². The summed E-state index contributed by atoms with van der Waals surface area (Å²) >= 11 is 0. The summed E-state index contributed by atoms with van der Waals surface area (Å²) in [6, 6.07) is 9.84. The van der Waals surface area contributed by atoms with Crippen LogP contribution in [0.25, 0.3) is 0 Å². The molecule has 3 N–H and O–H groups in total. The van der Waals surface area contributed by atoms with Crippen molar-refractivity contribution in [2.75, 3.05) is 13.2 Å². The van der Waals surface area contributed by atoms with E-state index >= 15 is 0 Å². The molecule has 5 heteroatoms. The molecule has 1 aromatic rings. The summed E-state index contributed by atoms with van der Waals surface area (Å²) in [7, 11) is 0. The smallest absolute Gasteiger partial charge is 0.407 e. The molecule has 0 radical (unpaired) electrons. The average Bonchev–Trinajstić information content (AvgIpc) is 2.72. The van der Waals surface area contributed by atoms with Crippen molar-refractivity contribution in [1.82, 2.24) is 5.32 Å². The minimum absolute atomic E-state index is 0.0433. The highest BCUT2D eigenvalue weighted by Gasteiger charge is 2.33. The number of carbonyl (C=O) groups is 1. The standard InChI is InChI=1S/C13H18N2O3/c14-7-6-11-12(18-13(16)15-11)9-17-8-10-4-2-1-3-5-10/h1-5,11-12H,6-9,14H2,(H,15,16)/t11-,12-/m1/s1. The summed E-state index contributed by atoms with van der Waals surface area (Å²) in [5.41, 5.74) is 6.59. The molecule has 1 saturated heterocycles. The van der Waals surface area contributed by atoms with Crippen LogP contribution in [0.5, 0.6) is 0 Å². The van der Waals surface area contributed by atoms with Crippen molar-refractivity contribution in [3.05, 3.63) is 35.9 Å². The second-order valence-corrected chi connectivity index (χ2v) is 4.27. The molecule has 1 amide bonds. The van der Waals surface area contributed by atoms with Crippen molar-refractivity contribution in [1.29, 1.82) is 0 Å². The molecule has 5 nitrogen and oxygen atoms in total. The molecule has 0 aliphatic carbocycles. The molecule has 0 unspecified atom stereocenters. The second-order valence-electron chi connectivity index (χ2n) is 4.27. The summed E-state index contributed by atoms with van der Waals surface area (Å²) < 4.78 is 10.7. The van der Waals surface area contributed by atoms with Crippen molar-refractivity contribution >= 4 is 6.09 Å². The quantitative estimate of drug-likeness (QED) is 0.791. The first kappa shape index (κ1) is 12.9. The van der Waals surface area contributed by atoms with Crippen LogP contribution in [0.4, 0.5) is 4.79 Å². The molecule has 1 aliphatic heterocycles. The SMILES string of the molecule is NCC[C@H]1NC(=O)O[C@@H]1COCc1ccccc1. The highest BCUT2D eigenvalue weighted by molar-refractivity contribution is 5.70. The van der Waals surface area contributed by atoms with Crippen LogP contribution in [-0.2, 0) is 16.1 Å². The van der Waals surface area contributed by atoms with E-state index in [-0.39, 0.29) is 18.2 Å². The topological polar surface area (TPSA) is 73.6 Å². The Kier molecular flexibility index (Phi) is 4.55. The van der Waals surface area contributed by atoms with Gasteiger partial charge in [0.2, 0.25) is 0 Å². The van der Waals surface area contributed by atoms with E-state index in [9.17, 15) is 4.79 Å². The monoisotopic (exact) mass is 250 g/mol. The zero-order chi connectivity index (χ0) is 12.8. The van der Waals surface area contributed by atoms with Gasteiger partial charge in [-0.25, -0.2) is 4.79 Å². The number of benzene rings is 1. The molecule has 18 heavy (non-hydrogen) atoms. The Hall–Kier alpha value is -1.59. The lowest BCUT2D eigenvalue weighted by atomic mass is 10.1. The minimum Gasteiger partial charge on any atom is -0.442 e. The van der Waals surface area contributed by atoms with Crippen LogP contribution in [-0.4, -0.2) is 31.4 Å². The molecule has 1 aliphatic rings. The summed E-state index contributed by atoms with van der Waals surface area (Å²) in [6.07, 6.45) is 0.0667. The van der Waals surface area contributed by atoms with Crippen molar-refractivity contribution < 1.29 is 14.3 Å². The van der Waals surface area contributed by atoms with Gasteiger partial charge in [-0.15, -0.1) is 0 Å². The fourth-order valence-electron chi connectivity index (χ4n) is 1.95. The summed E-state index contributed by atoms with van der Waals surface area (Å²) in [5.74, 6) is 0. The van der Waals surface area contributed by atoms with E-state index in [1.54, 1.807) is 0 Å². The molecular formula is C13H18N2O3. The maximum absolute atomic E-state index is 11.1. The largest absolute Gasteiger partial charge is 0.442 e. The van der Waals surface area contributed by atoms with E-state index in [4.69, 9.17) is 15.2 Å². The first-order valence-corrected chi connectivity index (χ1v) is 6.08. The first-order chi connectivity index (χ1) is 8.79. The second kappa shape index (κ2) is 6.37. The fourth-order valence-corrected chi connectivity index (χ4v) is 1.95. The highest BCUT2D eigenvalue weighted by Crippen LogP contribution is 2.13. The fraction of sp³-hybridized carbons (Fsp3) is 0.462.